The van der Waals surface area contributed by atoms with Crippen molar-refractivity contribution in [2.75, 3.05) is 27.2 Å². The zero-order valence-corrected chi connectivity index (χ0v) is 10.3. The Kier molecular flexibility index (Phi) is 4.35. The summed E-state index contributed by atoms with van der Waals surface area (Å²) in [6.07, 6.45) is 0. The van der Waals surface area contributed by atoms with E-state index in [1.165, 1.54) is 0 Å². The number of hydrogen-bond acceptors (Lipinski definition) is 3. The molecule has 0 bridgehead atoms. The minimum Gasteiger partial charge on any atom is -0.476 e. The van der Waals surface area contributed by atoms with Crippen molar-refractivity contribution in [3.05, 3.63) is 22.3 Å². The Morgan fingerprint density at radius 1 is 1.43 bits per heavy atom. The van der Waals surface area contributed by atoms with Crippen LogP contribution in [0.15, 0.2) is 16.6 Å². The first kappa shape index (κ1) is 11.5. The van der Waals surface area contributed by atoms with Gasteiger partial charge in [0.25, 0.3) is 0 Å². The van der Waals surface area contributed by atoms with Gasteiger partial charge in [-0.25, -0.2) is 4.98 Å². The van der Waals surface area contributed by atoms with E-state index in [1.807, 2.05) is 33.2 Å². The van der Waals surface area contributed by atoms with Crippen LogP contribution in [-0.4, -0.2) is 37.1 Å². The van der Waals surface area contributed by atoms with Crippen LogP contribution in [0.5, 0.6) is 5.88 Å². The molecule has 1 rings (SSSR count). The third kappa shape index (κ3) is 3.64. The number of rotatable bonds is 4. The zero-order chi connectivity index (χ0) is 10.6. The third-order valence-corrected chi connectivity index (χ3v) is 2.62. The van der Waals surface area contributed by atoms with Crippen LogP contribution in [0.3, 0.4) is 0 Å². The SMILES string of the molecule is Cc1nc(OCCN(C)C)ccc1Br. The van der Waals surface area contributed by atoms with Crippen molar-refractivity contribution < 1.29 is 4.74 Å². The van der Waals surface area contributed by atoms with Crippen LogP contribution in [0.25, 0.3) is 0 Å². The van der Waals surface area contributed by atoms with Crippen molar-refractivity contribution in [1.82, 2.24) is 9.88 Å². The number of aryl methyl sites for hydroxylation is 1. The second-order valence-electron chi connectivity index (χ2n) is 3.37. The van der Waals surface area contributed by atoms with E-state index in [1.54, 1.807) is 0 Å². The molecule has 0 spiro atoms. The van der Waals surface area contributed by atoms with Crippen LogP contribution in [0.4, 0.5) is 0 Å². The highest BCUT2D eigenvalue weighted by atomic mass is 79.9. The highest BCUT2D eigenvalue weighted by Crippen LogP contribution is 2.17. The predicted octanol–water partition coefficient (Wildman–Crippen LogP) is 2.09. The number of hydrogen-bond donors (Lipinski definition) is 0. The van der Waals surface area contributed by atoms with Gasteiger partial charge in [0, 0.05) is 17.1 Å². The van der Waals surface area contributed by atoms with Crippen molar-refractivity contribution in [2.45, 2.75) is 6.92 Å². The number of aromatic nitrogens is 1. The first-order valence-electron chi connectivity index (χ1n) is 4.50. The molecule has 1 aromatic rings. The molecule has 4 heteroatoms. The molecule has 78 valence electrons. The molecule has 0 saturated carbocycles. The van der Waals surface area contributed by atoms with Crippen LogP contribution in [-0.2, 0) is 0 Å². The van der Waals surface area contributed by atoms with E-state index in [0.29, 0.717) is 12.5 Å². The maximum atomic E-state index is 5.48. The largest absolute Gasteiger partial charge is 0.476 e. The number of ether oxygens (including phenoxy) is 1. The van der Waals surface area contributed by atoms with E-state index in [9.17, 15) is 0 Å². The molecular weight excluding hydrogens is 244 g/mol. The summed E-state index contributed by atoms with van der Waals surface area (Å²) in [5.41, 5.74) is 0.951. The normalized spacial score (nSPS) is 10.6. The van der Waals surface area contributed by atoms with E-state index in [-0.39, 0.29) is 0 Å². The van der Waals surface area contributed by atoms with E-state index in [2.05, 4.69) is 25.8 Å². The number of likely N-dealkylation sites (N-methyl/N-ethyl adjacent to an activating group) is 1. The molecule has 0 N–H and O–H groups in total. The van der Waals surface area contributed by atoms with Crippen LogP contribution in [0, 0.1) is 6.92 Å². The highest BCUT2D eigenvalue weighted by molar-refractivity contribution is 9.10. The number of halogens is 1. The molecule has 0 aliphatic heterocycles. The fourth-order valence-electron chi connectivity index (χ4n) is 0.934. The van der Waals surface area contributed by atoms with Gasteiger partial charge in [0.2, 0.25) is 5.88 Å². The van der Waals surface area contributed by atoms with Gasteiger partial charge in [-0.3, -0.25) is 0 Å². The molecule has 0 aliphatic rings. The lowest BCUT2D eigenvalue weighted by atomic mass is 10.4. The standard InChI is InChI=1S/C10H15BrN2O/c1-8-9(11)4-5-10(12-8)14-7-6-13(2)3/h4-5H,6-7H2,1-3H3. The van der Waals surface area contributed by atoms with Crippen molar-refractivity contribution in [1.29, 1.82) is 0 Å². The Bertz CT molecular complexity index is 302. The Morgan fingerprint density at radius 2 is 2.14 bits per heavy atom. The monoisotopic (exact) mass is 258 g/mol. The lowest BCUT2D eigenvalue weighted by Gasteiger charge is -2.10. The average Bonchev–Trinajstić information content (AvgIpc) is 2.10. The molecule has 3 nitrogen and oxygen atoms in total. The van der Waals surface area contributed by atoms with Crippen molar-refractivity contribution in [3.63, 3.8) is 0 Å². The summed E-state index contributed by atoms with van der Waals surface area (Å²) in [6.45, 7) is 3.51. The number of pyridine rings is 1. The predicted molar refractivity (Wildman–Crippen MR) is 60.7 cm³/mol. The van der Waals surface area contributed by atoms with Gasteiger partial charge in [-0.2, -0.15) is 0 Å². The molecule has 0 fully saturated rings. The molecule has 0 saturated heterocycles. The van der Waals surface area contributed by atoms with Gasteiger partial charge in [-0.05, 0) is 43.0 Å². The maximum absolute atomic E-state index is 5.48. The van der Waals surface area contributed by atoms with E-state index in [0.717, 1.165) is 16.7 Å². The van der Waals surface area contributed by atoms with Crippen LogP contribution in [0.1, 0.15) is 5.69 Å². The summed E-state index contributed by atoms with van der Waals surface area (Å²) in [5, 5.41) is 0. The second-order valence-corrected chi connectivity index (χ2v) is 4.22. The second kappa shape index (κ2) is 5.32. The minimum atomic E-state index is 0.668. The molecule has 0 amide bonds. The van der Waals surface area contributed by atoms with Crippen molar-refractivity contribution in [3.8, 4) is 5.88 Å². The fraction of sp³-hybridized carbons (Fsp3) is 0.500. The summed E-state index contributed by atoms with van der Waals surface area (Å²) >= 11 is 3.39. The summed E-state index contributed by atoms with van der Waals surface area (Å²) in [4.78, 5) is 6.36. The van der Waals surface area contributed by atoms with E-state index < -0.39 is 0 Å². The van der Waals surface area contributed by atoms with Gasteiger partial charge in [-0.15, -0.1) is 0 Å². The zero-order valence-electron chi connectivity index (χ0n) is 8.75. The molecule has 0 unspecified atom stereocenters. The molecule has 14 heavy (non-hydrogen) atoms. The van der Waals surface area contributed by atoms with Crippen LogP contribution in [0.2, 0.25) is 0 Å². The molecule has 0 aromatic carbocycles. The minimum absolute atomic E-state index is 0.668. The van der Waals surface area contributed by atoms with Gasteiger partial charge in [0.1, 0.15) is 6.61 Å². The van der Waals surface area contributed by atoms with Gasteiger partial charge in [-0.1, -0.05) is 0 Å². The molecular formula is C10H15BrN2O. The van der Waals surface area contributed by atoms with E-state index >= 15 is 0 Å². The molecule has 1 aromatic heterocycles. The Morgan fingerprint density at radius 3 is 2.71 bits per heavy atom. The van der Waals surface area contributed by atoms with Crippen LogP contribution >= 0.6 is 15.9 Å². The third-order valence-electron chi connectivity index (χ3n) is 1.78. The first-order valence-corrected chi connectivity index (χ1v) is 5.29. The first-order chi connectivity index (χ1) is 6.59. The smallest absolute Gasteiger partial charge is 0.213 e. The Balaban J connectivity index is 2.47. The fourth-order valence-corrected chi connectivity index (χ4v) is 1.16. The summed E-state index contributed by atoms with van der Waals surface area (Å²) < 4.78 is 6.49. The highest BCUT2D eigenvalue weighted by Gasteiger charge is 1.99. The summed E-state index contributed by atoms with van der Waals surface area (Å²) in [6, 6.07) is 3.82. The summed E-state index contributed by atoms with van der Waals surface area (Å²) in [5.74, 6) is 0.688. The van der Waals surface area contributed by atoms with Gasteiger partial charge in [0.05, 0.1) is 5.69 Å². The van der Waals surface area contributed by atoms with E-state index in [4.69, 9.17) is 4.74 Å². The Labute approximate surface area is 93.2 Å². The van der Waals surface area contributed by atoms with Crippen LogP contribution < -0.4 is 4.74 Å². The van der Waals surface area contributed by atoms with Gasteiger partial charge in [0.15, 0.2) is 0 Å². The maximum Gasteiger partial charge on any atom is 0.213 e. The molecule has 1 heterocycles. The molecule has 0 aliphatic carbocycles. The summed E-state index contributed by atoms with van der Waals surface area (Å²) in [7, 11) is 4.03. The van der Waals surface area contributed by atoms with Gasteiger partial charge >= 0.3 is 0 Å². The lowest BCUT2D eigenvalue weighted by molar-refractivity contribution is 0.253. The molecule has 0 atom stereocenters. The quantitative estimate of drug-likeness (QED) is 0.827. The average molecular weight is 259 g/mol. The van der Waals surface area contributed by atoms with Gasteiger partial charge < -0.3 is 9.64 Å². The lowest BCUT2D eigenvalue weighted by Crippen LogP contribution is -2.19. The molecule has 0 radical (unpaired) electrons. The van der Waals surface area contributed by atoms with Crippen molar-refractivity contribution >= 4 is 15.9 Å². The Hall–Kier alpha value is -0.610. The topological polar surface area (TPSA) is 25.4 Å². The van der Waals surface area contributed by atoms with Crippen molar-refractivity contribution in [2.24, 2.45) is 0 Å². The number of nitrogens with zero attached hydrogens (tertiary/aromatic N) is 2.